The number of ether oxygens (including phenoxy) is 4. The third-order valence-electron chi connectivity index (χ3n) is 8.89. The minimum Gasteiger partial charge on any atom is -0.350 e. The Balaban J connectivity index is 1.10. The second kappa shape index (κ2) is 9.77. The zero-order valence-electron chi connectivity index (χ0n) is 20.0. The Morgan fingerprint density at radius 1 is 0.600 bits per heavy atom. The van der Waals surface area contributed by atoms with Gasteiger partial charge < -0.3 is 18.9 Å². The van der Waals surface area contributed by atoms with E-state index >= 15 is 0 Å². The average Bonchev–Trinajstić information content (AvgIpc) is 3.30. The summed E-state index contributed by atoms with van der Waals surface area (Å²) in [5, 5.41) is 0. The van der Waals surface area contributed by atoms with Crippen LogP contribution in [-0.2, 0) is 18.9 Å². The summed E-state index contributed by atoms with van der Waals surface area (Å²) < 4.78 is 24.9. The molecular weight excluding hydrogens is 376 g/mol. The molecule has 30 heavy (non-hydrogen) atoms. The third-order valence-corrected chi connectivity index (χ3v) is 8.89. The van der Waals surface area contributed by atoms with Crippen molar-refractivity contribution in [2.75, 3.05) is 13.2 Å². The molecule has 2 heterocycles. The molecule has 2 aliphatic carbocycles. The summed E-state index contributed by atoms with van der Waals surface area (Å²) in [7, 11) is 0. The van der Waals surface area contributed by atoms with E-state index in [-0.39, 0.29) is 23.8 Å². The molecule has 4 fully saturated rings. The van der Waals surface area contributed by atoms with Crippen molar-refractivity contribution in [1.82, 2.24) is 0 Å². The topological polar surface area (TPSA) is 36.9 Å². The lowest BCUT2D eigenvalue weighted by molar-refractivity contribution is -0.209. The van der Waals surface area contributed by atoms with Gasteiger partial charge in [0.05, 0.1) is 24.4 Å². The molecular formula is C26H46O4. The van der Waals surface area contributed by atoms with Crippen molar-refractivity contribution in [2.24, 2.45) is 23.7 Å². The predicted molar refractivity (Wildman–Crippen MR) is 119 cm³/mol. The normalized spacial score (nSPS) is 42.2. The first-order valence-electron chi connectivity index (χ1n) is 13.0. The van der Waals surface area contributed by atoms with Crippen LogP contribution in [-0.4, -0.2) is 37.0 Å². The highest BCUT2D eigenvalue weighted by molar-refractivity contribution is 4.93. The SMILES string of the molecule is CC(C)C1CCC2(CC1)CC[C@H](OCCO[C@H]1CCC3(CCC(C(C)C)CC3)O1)O2. The standard InChI is InChI=1S/C26H46O4/c1-19(2)21-5-11-25(12-6-21)15-9-23(29-25)27-17-18-28-24-10-16-26(30-24)13-7-22(8-14-26)20(3)4/h19-24H,5-18H2,1-4H3/t21?,22?,23-,24-,25?,26?/m1/s1. The van der Waals surface area contributed by atoms with Crippen molar-refractivity contribution in [2.45, 2.75) is 129 Å². The predicted octanol–water partition coefficient (Wildman–Crippen LogP) is 6.46. The van der Waals surface area contributed by atoms with Gasteiger partial charge in [-0.3, -0.25) is 0 Å². The maximum absolute atomic E-state index is 6.40. The van der Waals surface area contributed by atoms with Crippen molar-refractivity contribution in [3.8, 4) is 0 Å². The largest absolute Gasteiger partial charge is 0.350 e. The van der Waals surface area contributed by atoms with E-state index in [1.807, 2.05) is 0 Å². The van der Waals surface area contributed by atoms with Crippen LogP contribution in [0, 0.1) is 23.7 Å². The van der Waals surface area contributed by atoms with Crippen LogP contribution in [0.4, 0.5) is 0 Å². The van der Waals surface area contributed by atoms with Crippen LogP contribution in [0.3, 0.4) is 0 Å². The zero-order valence-corrected chi connectivity index (χ0v) is 20.0. The van der Waals surface area contributed by atoms with E-state index in [2.05, 4.69) is 27.7 Å². The van der Waals surface area contributed by atoms with Crippen LogP contribution in [0.25, 0.3) is 0 Å². The van der Waals surface area contributed by atoms with Gasteiger partial charge in [0.15, 0.2) is 12.6 Å². The Morgan fingerprint density at radius 2 is 0.933 bits per heavy atom. The Morgan fingerprint density at radius 3 is 1.27 bits per heavy atom. The fourth-order valence-electron chi connectivity index (χ4n) is 6.55. The smallest absolute Gasteiger partial charge is 0.158 e. The number of hydrogen-bond donors (Lipinski definition) is 0. The van der Waals surface area contributed by atoms with E-state index < -0.39 is 0 Å². The summed E-state index contributed by atoms with van der Waals surface area (Å²) in [6, 6.07) is 0. The van der Waals surface area contributed by atoms with Crippen molar-refractivity contribution < 1.29 is 18.9 Å². The van der Waals surface area contributed by atoms with Gasteiger partial charge in [-0.25, -0.2) is 0 Å². The second-order valence-corrected chi connectivity index (χ2v) is 11.4. The van der Waals surface area contributed by atoms with Crippen LogP contribution in [0.15, 0.2) is 0 Å². The summed E-state index contributed by atoms with van der Waals surface area (Å²) >= 11 is 0. The summed E-state index contributed by atoms with van der Waals surface area (Å²) in [6.07, 6.45) is 14.4. The van der Waals surface area contributed by atoms with Crippen LogP contribution in [0.2, 0.25) is 0 Å². The fraction of sp³-hybridized carbons (Fsp3) is 1.00. The number of hydrogen-bond acceptors (Lipinski definition) is 4. The highest BCUT2D eigenvalue weighted by Crippen LogP contribution is 2.46. The van der Waals surface area contributed by atoms with Crippen LogP contribution >= 0.6 is 0 Å². The Hall–Kier alpha value is -0.160. The first-order chi connectivity index (χ1) is 14.4. The minimum absolute atomic E-state index is 0.0358. The van der Waals surface area contributed by atoms with Crippen molar-refractivity contribution in [3.63, 3.8) is 0 Å². The molecule has 2 atom stereocenters. The van der Waals surface area contributed by atoms with Crippen LogP contribution in [0.1, 0.15) is 105 Å². The molecule has 0 aromatic heterocycles. The lowest BCUT2D eigenvalue weighted by Gasteiger charge is -2.38. The molecule has 0 amide bonds. The Kier molecular flexibility index (Phi) is 7.49. The maximum Gasteiger partial charge on any atom is 0.158 e. The molecule has 2 saturated carbocycles. The molecule has 4 heteroatoms. The van der Waals surface area contributed by atoms with E-state index in [1.54, 1.807) is 0 Å². The number of rotatable bonds is 7. The lowest BCUT2D eigenvalue weighted by atomic mass is 9.74. The Bertz CT molecular complexity index is 481. The van der Waals surface area contributed by atoms with Gasteiger partial charge in [-0.15, -0.1) is 0 Å². The molecule has 0 N–H and O–H groups in total. The Labute approximate surface area is 184 Å². The highest BCUT2D eigenvalue weighted by atomic mass is 16.7. The molecule has 2 spiro atoms. The molecule has 4 nitrogen and oxygen atoms in total. The molecule has 0 bridgehead atoms. The van der Waals surface area contributed by atoms with Gasteiger partial charge in [0, 0.05) is 12.8 Å². The van der Waals surface area contributed by atoms with Crippen LogP contribution in [0.5, 0.6) is 0 Å². The van der Waals surface area contributed by atoms with E-state index in [0.29, 0.717) is 13.2 Å². The summed E-state index contributed by atoms with van der Waals surface area (Å²) in [5.74, 6) is 3.36. The fourth-order valence-corrected chi connectivity index (χ4v) is 6.55. The van der Waals surface area contributed by atoms with Crippen molar-refractivity contribution in [3.05, 3.63) is 0 Å². The first-order valence-corrected chi connectivity index (χ1v) is 13.0. The van der Waals surface area contributed by atoms with Crippen molar-refractivity contribution >= 4 is 0 Å². The molecule has 4 rings (SSSR count). The maximum atomic E-state index is 6.40. The zero-order chi connectivity index (χ0) is 21.2. The molecule has 0 aromatic carbocycles. The van der Waals surface area contributed by atoms with Gasteiger partial charge in [-0.2, -0.15) is 0 Å². The lowest BCUT2D eigenvalue weighted by Crippen LogP contribution is -2.36. The molecule has 0 unspecified atom stereocenters. The monoisotopic (exact) mass is 422 g/mol. The summed E-state index contributed by atoms with van der Waals surface area (Å²) in [6.45, 7) is 10.6. The van der Waals surface area contributed by atoms with Crippen molar-refractivity contribution in [1.29, 1.82) is 0 Å². The third kappa shape index (κ3) is 5.42. The minimum atomic E-state index is -0.0358. The second-order valence-electron chi connectivity index (χ2n) is 11.4. The van der Waals surface area contributed by atoms with Gasteiger partial charge in [-0.05, 0) is 87.9 Å². The van der Waals surface area contributed by atoms with E-state index in [4.69, 9.17) is 18.9 Å². The van der Waals surface area contributed by atoms with Gasteiger partial charge in [-0.1, -0.05) is 27.7 Å². The molecule has 2 aliphatic heterocycles. The van der Waals surface area contributed by atoms with Gasteiger partial charge >= 0.3 is 0 Å². The molecule has 4 aliphatic rings. The van der Waals surface area contributed by atoms with Gasteiger partial charge in [0.1, 0.15) is 0 Å². The first kappa shape index (κ1) is 23.0. The summed E-state index contributed by atoms with van der Waals surface area (Å²) in [4.78, 5) is 0. The average molecular weight is 423 g/mol. The van der Waals surface area contributed by atoms with E-state index in [0.717, 1.165) is 49.4 Å². The highest BCUT2D eigenvalue weighted by Gasteiger charge is 2.45. The van der Waals surface area contributed by atoms with Crippen LogP contribution < -0.4 is 0 Å². The van der Waals surface area contributed by atoms with E-state index in [9.17, 15) is 0 Å². The molecule has 174 valence electrons. The van der Waals surface area contributed by atoms with Gasteiger partial charge in [0.2, 0.25) is 0 Å². The quantitative estimate of drug-likeness (QED) is 0.441. The molecule has 2 saturated heterocycles. The van der Waals surface area contributed by atoms with E-state index in [1.165, 1.54) is 51.4 Å². The summed E-state index contributed by atoms with van der Waals surface area (Å²) in [5.41, 5.74) is 0.208. The molecule has 0 aromatic rings. The van der Waals surface area contributed by atoms with Gasteiger partial charge in [0.25, 0.3) is 0 Å². The molecule has 0 radical (unpaired) electrons.